The Morgan fingerprint density at radius 1 is 1.05 bits per heavy atom. The molecule has 0 saturated heterocycles. The number of carbonyl (C=O) groups excluding carboxylic acids is 1. The fourth-order valence-corrected chi connectivity index (χ4v) is 2.18. The van der Waals surface area contributed by atoms with Crippen LogP contribution in [0.15, 0.2) is 24.3 Å². The fourth-order valence-electron chi connectivity index (χ4n) is 2.18. The van der Waals surface area contributed by atoms with Crippen molar-refractivity contribution in [2.45, 2.75) is 78.6 Å². The molecule has 0 N–H and O–H groups in total. The van der Waals surface area contributed by atoms with E-state index >= 15 is 0 Å². The van der Waals surface area contributed by atoms with Crippen LogP contribution in [0.4, 0.5) is 0 Å². The van der Waals surface area contributed by atoms with Crippen molar-refractivity contribution in [1.29, 1.82) is 0 Å². The van der Waals surface area contributed by atoms with Gasteiger partial charge >= 0.3 is 5.97 Å². The second-order valence-electron chi connectivity index (χ2n) is 5.83. The number of unbranched alkanes of at least 4 members (excludes halogenated alkanes) is 6. The molecular weight excluding hydrogens is 260 g/mol. The van der Waals surface area contributed by atoms with E-state index in [0.29, 0.717) is 12.5 Å². The first kappa shape index (κ1) is 19.9. The summed E-state index contributed by atoms with van der Waals surface area (Å²) in [5.74, 6) is 0.516. The summed E-state index contributed by atoms with van der Waals surface area (Å²) in [6, 6.07) is 0. The van der Waals surface area contributed by atoms with Crippen molar-refractivity contribution in [3.63, 3.8) is 0 Å². The molecule has 0 aliphatic carbocycles. The van der Waals surface area contributed by atoms with Crippen LogP contribution >= 0.6 is 0 Å². The van der Waals surface area contributed by atoms with E-state index in [9.17, 15) is 4.79 Å². The molecule has 0 aromatic heterocycles. The Morgan fingerprint density at radius 2 is 1.71 bits per heavy atom. The van der Waals surface area contributed by atoms with E-state index in [1.807, 2.05) is 0 Å². The molecule has 1 unspecified atom stereocenters. The summed E-state index contributed by atoms with van der Waals surface area (Å²) in [5, 5.41) is 0. The van der Waals surface area contributed by atoms with E-state index in [1.165, 1.54) is 58.3 Å². The molecular formula is C19H34O2. The van der Waals surface area contributed by atoms with Gasteiger partial charge in [-0.2, -0.15) is 0 Å². The van der Waals surface area contributed by atoms with Crippen LogP contribution in [-0.4, -0.2) is 12.6 Å². The van der Waals surface area contributed by atoms with Crippen LogP contribution in [0.3, 0.4) is 0 Å². The van der Waals surface area contributed by atoms with Crippen molar-refractivity contribution in [3.8, 4) is 0 Å². The maximum atomic E-state index is 10.6. The van der Waals surface area contributed by atoms with E-state index in [1.54, 1.807) is 0 Å². The van der Waals surface area contributed by atoms with Gasteiger partial charge in [0, 0.05) is 6.92 Å². The molecule has 0 radical (unpaired) electrons. The van der Waals surface area contributed by atoms with Crippen LogP contribution in [0.2, 0.25) is 0 Å². The summed E-state index contributed by atoms with van der Waals surface area (Å²) < 4.78 is 4.91. The molecule has 0 saturated carbocycles. The standard InChI is InChI=1S/C19H34O2/c1-4-5-6-9-12-15-18(2)16-13-10-7-8-11-14-17-21-19(3)20/h6,9,12,15,18H,4-5,7-8,10-11,13-14,16-17H2,1-3H3/b9-6-,15-12-. The lowest BCUT2D eigenvalue weighted by atomic mass is 10.0. The highest BCUT2D eigenvalue weighted by Crippen LogP contribution is 2.13. The maximum absolute atomic E-state index is 10.6. The van der Waals surface area contributed by atoms with Crippen molar-refractivity contribution in [2.75, 3.05) is 6.61 Å². The van der Waals surface area contributed by atoms with Gasteiger partial charge in [-0.25, -0.2) is 0 Å². The van der Waals surface area contributed by atoms with Gasteiger partial charge in [-0.1, -0.05) is 76.7 Å². The summed E-state index contributed by atoms with van der Waals surface area (Å²) in [7, 11) is 0. The molecule has 0 amide bonds. The van der Waals surface area contributed by atoms with Crippen molar-refractivity contribution < 1.29 is 9.53 Å². The van der Waals surface area contributed by atoms with Crippen LogP contribution in [0.5, 0.6) is 0 Å². The first-order chi connectivity index (χ1) is 10.2. The smallest absolute Gasteiger partial charge is 0.302 e. The topological polar surface area (TPSA) is 26.3 Å². The summed E-state index contributed by atoms with van der Waals surface area (Å²) in [6.07, 6.45) is 19.9. The molecule has 0 aliphatic rings. The van der Waals surface area contributed by atoms with Crippen LogP contribution in [0.25, 0.3) is 0 Å². The zero-order valence-corrected chi connectivity index (χ0v) is 14.3. The van der Waals surface area contributed by atoms with E-state index in [-0.39, 0.29) is 5.97 Å². The number of carbonyl (C=O) groups is 1. The minimum Gasteiger partial charge on any atom is -0.466 e. The van der Waals surface area contributed by atoms with Gasteiger partial charge in [0.1, 0.15) is 0 Å². The summed E-state index contributed by atoms with van der Waals surface area (Å²) in [5.41, 5.74) is 0. The fraction of sp³-hybridized carbons (Fsp3) is 0.737. The van der Waals surface area contributed by atoms with Crippen LogP contribution in [0, 0.1) is 5.92 Å². The van der Waals surface area contributed by atoms with Gasteiger partial charge in [0.15, 0.2) is 0 Å². The van der Waals surface area contributed by atoms with Gasteiger partial charge in [0.2, 0.25) is 0 Å². The summed E-state index contributed by atoms with van der Waals surface area (Å²) in [4.78, 5) is 10.6. The molecule has 0 bridgehead atoms. The third-order valence-electron chi connectivity index (χ3n) is 3.50. The van der Waals surface area contributed by atoms with Gasteiger partial charge in [-0.3, -0.25) is 4.79 Å². The second-order valence-corrected chi connectivity index (χ2v) is 5.83. The Bertz CT molecular complexity index is 292. The summed E-state index contributed by atoms with van der Waals surface area (Å²) in [6.45, 7) is 6.55. The Balaban J connectivity index is 3.32. The van der Waals surface area contributed by atoms with Crippen LogP contribution in [0.1, 0.15) is 78.6 Å². The SMILES string of the molecule is CCC/C=C\C=C/C(C)CCCCCCCCOC(C)=O. The van der Waals surface area contributed by atoms with Crippen molar-refractivity contribution in [2.24, 2.45) is 5.92 Å². The minimum atomic E-state index is -0.165. The quantitative estimate of drug-likeness (QED) is 0.243. The Hall–Kier alpha value is -1.05. The lowest BCUT2D eigenvalue weighted by molar-refractivity contribution is -0.141. The number of esters is 1. The normalized spacial score (nSPS) is 13.1. The molecule has 2 heteroatoms. The van der Waals surface area contributed by atoms with Gasteiger partial charge < -0.3 is 4.74 Å². The van der Waals surface area contributed by atoms with E-state index in [4.69, 9.17) is 4.74 Å². The molecule has 0 aliphatic heterocycles. The number of hydrogen-bond acceptors (Lipinski definition) is 2. The predicted octanol–water partition coefficient (Wildman–Crippen LogP) is 5.83. The Labute approximate surface area is 131 Å². The lowest BCUT2D eigenvalue weighted by Gasteiger charge is -2.06. The zero-order chi connectivity index (χ0) is 15.8. The average molecular weight is 294 g/mol. The highest BCUT2D eigenvalue weighted by Gasteiger charge is 1.97. The number of ether oxygens (including phenoxy) is 1. The molecule has 0 fully saturated rings. The van der Waals surface area contributed by atoms with Crippen LogP contribution < -0.4 is 0 Å². The third-order valence-corrected chi connectivity index (χ3v) is 3.50. The first-order valence-corrected chi connectivity index (χ1v) is 8.63. The lowest BCUT2D eigenvalue weighted by Crippen LogP contribution is -2.00. The first-order valence-electron chi connectivity index (χ1n) is 8.63. The second kappa shape index (κ2) is 15.3. The third kappa shape index (κ3) is 16.9. The average Bonchev–Trinajstić information content (AvgIpc) is 2.45. The Morgan fingerprint density at radius 3 is 2.38 bits per heavy atom. The predicted molar refractivity (Wildman–Crippen MR) is 91.3 cm³/mol. The highest BCUT2D eigenvalue weighted by molar-refractivity contribution is 5.65. The van der Waals surface area contributed by atoms with Gasteiger partial charge in [0.25, 0.3) is 0 Å². The summed E-state index contributed by atoms with van der Waals surface area (Å²) >= 11 is 0. The largest absolute Gasteiger partial charge is 0.466 e. The number of rotatable bonds is 13. The van der Waals surface area contributed by atoms with Gasteiger partial charge in [-0.05, 0) is 25.2 Å². The van der Waals surface area contributed by atoms with E-state index < -0.39 is 0 Å². The molecule has 2 nitrogen and oxygen atoms in total. The Kier molecular flexibility index (Phi) is 14.6. The van der Waals surface area contributed by atoms with Crippen molar-refractivity contribution in [3.05, 3.63) is 24.3 Å². The molecule has 0 aromatic carbocycles. The van der Waals surface area contributed by atoms with E-state index in [0.717, 1.165) is 6.42 Å². The highest BCUT2D eigenvalue weighted by atomic mass is 16.5. The number of allylic oxidation sites excluding steroid dienone is 4. The minimum absolute atomic E-state index is 0.165. The van der Waals surface area contributed by atoms with Gasteiger partial charge in [-0.15, -0.1) is 0 Å². The van der Waals surface area contributed by atoms with E-state index in [2.05, 4.69) is 38.2 Å². The molecule has 0 rings (SSSR count). The van der Waals surface area contributed by atoms with Crippen molar-refractivity contribution in [1.82, 2.24) is 0 Å². The maximum Gasteiger partial charge on any atom is 0.302 e. The molecule has 0 heterocycles. The van der Waals surface area contributed by atoms with Gasteiger partial charge in [0.05, 0.1) is 6.61 Å². The monoisotopic (exact) mass is 294 g/mol. The molecule has 1 atom stereocenters. The molecule has 21 heavy (non-hydrogen) atoms. The van der Waals surface area contributed by atoms with Crippen molar-refractivity contribution >= 4 is 5.97 Å². The number of hydrogen-bond donors (Lipinski definition) is 0. The molecule has 0 aromatic rings. The molecule has 122 valence electrons. The van der Waals surface area contributed by atoms with Crippen LogP contribution in [-0.2, 0) is 9.53 Å². The molecule has 0 spiro atoms. The zero-order valence-electron chi connectivity index (χ0n) is 14.3.